The number of carbonyl (C=O) groups excluding carboxylic acids is 1. The number of carbonyl (C=O) groups is 1. The van der Waals surface area contributed by atoms with Gasteiger partial charge in [0.2, 0.25) is 0 Å². The molecule has 0 saturated heterocycles. The van der Waals surface area contributed by atoms with Crippen LogP contribution < -0.4 is 34.7 Å². The SMILES string of the molecule is O=Cc1ccc(Br)cc1[O-].[Na+]. The second kappa shape index (κ2) is 4.93. The van der Waals surface area contributed by atoms with Crippen LogP contribution in [-0.2, 0) is 0 Å². The van der Waals surface area contributed by atoms with Crippen molar-refractivity contribution in [3.63, 3.8) is 0 Å². The zero-order valence-electron chi connectivity index (χ0n) is 6.00. The molecule has 0 fully saturated rings. The van der Waals surface area contributed by atoms with E-state index in [-0.39, 0.29) is 40.9 Å². The minimum absolute atomic E-state index is 0. The third-order valence-corrected chi connectivity index (χ3v) is 1.60. The summed E-state index contributed by atoms with van der Waals surface area (Å²) < 4.78 is 0.697. The molecule has 0 radical (unpaired) electrons. The minimum atomic E-state index is -0.246. The van der Waals surface area contributed by atoms with Gasteiger partial charge >= 0.3 is 29.6 Å². The molecule has 0 aliphatic carbocycles. The van der Waals surface area contributed by atoms with Gasteiger partial charge in [-0.25, -0.2) is 0 Å². The van der Waals surface area contributed by atoms with Crippen LogP contribution in [0.25, 0.3) is 0 Å². The number of benzene rings is 1. The molecule has 11 heavy (non-hydrogen) atoms. The van der Waals surface area contributed by atoms with Crippen molar-refractivity contribution >= 4 is 22.2 Å². The van der Waals surface area contributed by atoms with Gasteiger partial charge in [0.1, 0.15) is 6.29 Å². The van der Waals surface area contributed by atoms with E-state index in [1.54, 1.807) is 6.07 Å². The van der Waals surface area contributed by atoms with Crippen molar-refractivity contribution in [2.75, 3.05) is 0 Å². The molecule has 0 aliphatic rings. The molecule has 4 heteroatoms. The first kappa shape index (κ1) is 11.2. The van der Waals surface area contributed by atoms with E-state index in [1.165, 1.54) is 12.1 Å². The Balaban J connectivity index is 0.000001000. The van der Waals surface area contributed by atoms with Gasteiger partial charge in [-0.2, -0.15) is 0 Å². The van der Waals surface area contributed by atoms with Crippen LogP contribution in [0.3, 0.4) is 0 Å². The van der Waals surface area contributed by atoms with Crippen LogP contribution in [0.15, 0.2) is 22.7 Å². The molecule has 0 spiro atoms. The normalized spacial score (nSPS) is 8.45. The van der Waals surface area contributed by atoms with Gasteiger partial charge < -0.3 is 5.11 Å². The summed E-state index contributed by atoms with van der Waals surface area (Å²) in [4.78, 5) is 10.1. The minimum Gasteiger partial charge on any atom is -0.872 e. The van der Waals surface area contributed by atoms with Crippen molar-refractivity contribution in [2.45, 2.75) is 0 Å². The van der Waals surface area contributed by atoms with Crippen molar-refractivity contribution in [3.05, 3.63) is 28.2 Å². The summed E-state index contributed by atoms with van der Waals surface area (Å²) in [5.74, 6) is -0.246. The first-order valence-electron chi connectivity index (χ1n) is 2.66. The van der Waals surface area contributed by atoms with Crippen molar-refractivity contribution in [1.29, 1.82) is 0 Å². The maximum absolute atomic E-state index is 10.8. The van der Waals surface area contributed by atoms with Crippen molar-refractivity contribution in [3.8, 4) is 5.75 Å². The second-order valence-electron chi connectivity index (χ2n) is 1.80. The van der Waals surface area contributed by atoms with Crippen molar-refractivity contribution < 1.29 is 39.5 Å². The summed E-state index contributed by atoms with van der Waals surface area (Å²) in [6, 6.07) is 4.51. The predicted octanol–water partition coefficient (Wildman–Crippen LogP) is -1.66. The first-order chi connectivity index (χ1) is 4.74. The molecule has 0 amide bonds. The fourth-order valence-electron chi connectivity index (χ4n) is 0.606. The van der Waals surface area contributed by atoms with E-state index in [2.05, 4.69) is 15.9 Å². The maximum Gasteiger partial charge on any atom is 1.00 e. The van der Waals surface area contributed by atoms with E-state index in [0.717, 1.165) is 0 Å². The van der Waals surface area contributed by atoms with Gasteiger partial charge in [0.05, 0.1) is 0 Å². The van der Waals surface area contributed by atoms with E-state index >= 15 is 0 Å². The molecule has 1 rings (SSSR count). The number of rotatable bonds is 1. The predicted molar refractivity (Wildman–Crippen MR) is 39.0 cm³/mol. The average Bonchev–Trinajstić information content (AvgIpc) is 1.88. The number of hydrogen-bond acceptors (Lipinski definition) is 2. The van der Waals surface area contributed by atoms with Gasteiger partial charge in [-0.15, -0.1) is 0 Å². The Bertz CT molecular complexity index is 263. The molecular formula is C7H4BrNaO2. The fraction of sp³-hybridized carbons (Fsp3) is 0. The maximum atomic E-state index is 10.8. The van der Waals surface area contributed by atoms with Crippen LogP contribution in [0, 0.1) is 0 Å². The van der Waals surface area contributed by atoms with E-state index in [1.807, 2.05) is 0 Å². The van der Waals surface area contributed by atoms with Crippen molar-refractivity contribution in [1.82, 2.24) is 0 Å². The van der Waals surface area contributed by atoms with E-state index in [4.69, 9.17) is 0 Å². The fourth-order valence-corrected chi connectivity index (χ4v) is 0.946. The first-order valence-corrected chi connectivity index (χ1v) is 3.45. The van der Waals surface area contributed by atoms with E-state index in [0.29, 0.717) is 10.8 Å². The summed E-state index contributed by atoms with van der Waals surface area (Å²) >= 11 is 3.11. The molecule has 0 atom stereocenters. The molecule has 0 aromatic heterocycles. The number of aldehydes is 1. The zero-order valence-corrected chi connectivity index (χ0v) is 9.59. The van der Waals surface area contributed by atoms with Gasteiger partial charge in [-0.1, -0.05) is 33.8 Å². The summed E-state index contributed by atoms with van der Waals surface area (Å²) in [6.07, 6.45) is 0.550. The van der Waals surface area contributed by atoms with Crippen LogP contribution in [0.2, 0.25) is 0 Å². The third kappa shape index (κ3) is 2.95. The average molecular weight is 223 g/mol. The van der Waals surface area contributed by atoms with Gasteiger partial charge in [-0.3, -0.25) is 4.79 Å². The Morgan fingerprint density at radius 1 is 1.45 bits per heavy atom. The summed E-state index contributed by atoms with van der Waals surface area (Å²) in [6.45, 7) is 0. The zero-order chi connectivity index (χ0) is 7.56. The number of halogens is 1. The van der Waals surface area contributed by atoms with Gasteiger partial charge in [0.25, 0.3) is 0 Å². The molecule has 1 aromatic carbocycles. The van der Waals surface area contributed by atoms with Crippen LogP contribution in [0.1, 0.15) is 10.4 Å². The summed E-state index contributed by atoms with van der Waals surface area (Å²) in [5, 5.41) is 10.8. The van der Waals surface area contributed by atoms with Crippen molar-refractivity contribution in [2.24, 2.45) is 0 Å². The summed E-state index contributed by atoms with van der Waals surface area (Å²) in [7, 11) is 0. The topological polar surface area (TPSA) is 40.1 Å². The molecule has 0 heterocycles. The largest absolute Gasteiger partial charge is 1.00 e. The molecule has 1 aromatic rings. The molecule has 0 aliphatic heterocycles. The number of hydrogen-bond donors (Lipinski definition) is 0. The smallest absolute Gasteiger partial charge is 0.872 e. The van der Waals surface area contributed by atoms with E-state index < -0.39 is 0 Å². The van der Waals surface area contributed by atoms with Gasteiger partial charge in [0.15, 0.2) is 0 Å². The molecule has 0 saturated carbocycles. The van der Waals surface area contributed by atoms with Crippen LogP contribution in [-0.4, -0.2) is 6.29 Å². The molecule has 0 N–H and O–H groups in total. The Morgan fingerprint density at radius 2 is 2.09 bits per heavy atom. The monoisotopic (exact) mass is 222 g/mol. The Kier molecular flexibility index (Phi) is 5.01. The molecule has 2 nitrogen and oxygen atoms in total. The van der Waals surface area contributed by atoms with Crippen LogP contribution in [0.5, 0.6) is 5.75 Å². The van der Waals surface area contributed by atoms with Gasteiger partial charge in [-0.05, 0) is 6.07 Å². The molecular weight excluding hydrogens is 219 g/mol. The van der Waals surface area contributed by atoms with Gasteiger partial charge in [0, 0.05) is 10.0 Å². The standard InChI is InChI=1S/C7H5BrO2.Na/c8-6-2-1-5(4-9)7(10)3-6;/h1-4,10H;/q;+1/p-1. The van der Waals surface area contributed by atoms with Crippen LogP contribution >= 0.6 is 15.9 Å². The Labute approximate surface area is 95.0 Å². The second-order valence-corrected chi connectivity index (χ2v) is 2.72. The summed E-state index contributed by atoms with van der Waals surface area (Å²) in [5.41, 5.74) is 0.197. The quantitative estimate of drug-likeness (QED) is 0.422. The Morgan fingerprint density at radius 3 is 2.55 bits per heavy atom. The van der Waals surface area contributed by atoms with Crippen LogP contribution in [0.4, 0.5) is 0 Å². The van der Waals surface area contributed by atoms with E-state index in [9.17, 15) is 9.90 Å². The third-order valence-electron chi connectivity index (χ3n) is 1.10. The Hall–Kier alpha value is 0.170. The molecule has 52 valence electrons. The molecule has 0 unspecified atom stereocenters. The molecule has 0 bridgehead atoms.